The average Bonchev–Trinajstić information content (AvgIpc) is 3.00. The Hall–Kier alpha value is -3.04. The number of aliphatic hydroxyl groups excluding tert-OH is 1. The fourth-order valence-electron chi connectivity index (χ4n) is 3.75. The summed E-state index contributed by atoms with van der Waals surface area (Å²) in [4.78, 5) is 23.2. The summed E-state index contributed by atoms with van der Waals surface area (Å²) in [6.45, 7) is 2.40. The van der Waals surface area contributed by atoms with Gasteiger partial charge in [0.2, 0.25) is 0 Å². The molecule has 0 aliphatic rings. The third-order valence-electron chi connectivity index (χ3n) is 6.40. The highest BCUT2D eigenvalue weighted by molar-refractivity contribution is 5.70. The summed E-state index contributed by atoms with van der Waals surface area (Å²) >= 11 is 0. The molecular formula is C38H62NO7+. The quantitative estimate of drug-likeness (QED) is 0.0284. The Morgan fingerprint density at radius 3 is 1.59 bits per heavy atom. The summed E-state index contributed by atoms with van der Waals surface area (Å²) < 4.78 is 16.1. The lowest BCUT2D eigenvalue weighted by Crippen LogP contribution is -2.40. The zero-order valence-electron chi connectivity index (χ0n) is 28.9. The fraction of sp³-hybridized carbons (Fsp3) is 0.579. The molecule has 0 fully saturated rings. The zero-order chi connectivity index (χ0) is 34.1. The van der Waals surface area contributed by atoms with Crippen molar-refractivity contribution in [3.8, 4) is 0 Å². The Labute approximate surface area is 279 Å². The second-order valence-electron chi connectivity index (χ2n) is 11.9. The van der Waals surface area contributed by atoms with Gasteiger partial charge in [-0.2, -0.15) is 0 Å². The summed E-state index contributed by atoms with van der Waals surface area (Å²) in [7, 11) is 5.89. The second kappa shape index (κ2) is 30.6. The van der Waals surface area contributed by atoms with Crippen LogP contribution in [0.25, 0.3) is 0 Å². The smallest absolute Gasteiger partial charge is 0.361 e. The molecule has 2 atom stereocenters. The number of hydrogen-bond donors (Lipinski definition) is 2. The van der Waals surface area contributed by atoms with Crippen molar-refractivity contribution >= 4 is 11.9 Å². The van der Waals surface area contributed by atoms with Crippen LogP contribution in [0, 0.1) is 0 Å². The molecule has 0 aromatic carbocycles. The van der Waals surface area contributed by atoms with Crippen LogP contribution >= 0.6 is 0 Å². The molecule has 0 aliphatic heterocycles. The van der Waals surface area contributed by atoms with Crippen molar-refractivity contribution in [1.29, 1.82) is 0 Å². The number of carboxylic acid groups (broad SMARTS) is 1. The van der Waals surface area contributed by atoms with Gasteiger partial charge < -0.3 is 28.9 Å². The van der Waals surface area contributed by atoms with Crippen molar-refractivity contribution in [2.45, 2.75) is 96.4 Å². The molecule has 8 nitrogen and oxygen atoms in total. The third-order valence-corrected chi connectivity index (χ3v) is 6.40. The van der Waals surface area contributed by atoms with Crippen LogP contribution in [0.2, 0.25) is 0 Å². The minimum atomic E-state index is -1.48. The first-order valence-electron chi connectivity index (χ1n) is 16.8. The van der Waals surface area contributed by atoms with Crippen molar-refractivity contribution in [2.75, 3.05) is 47.5 Å². The van der Waals surface area contributed by atoms with Crippen LogP contribution in [-0.2, 0) is 23.8 Å². The number of carbonyl (C=O) groups excluding carboxylic acids is 1. The lowest BCUT2D eigenvalue weighted by Gasteiger charge is -2.24. The van der Waals surface area contributed by atoms with Gasteiger partial charge in [-0.05, 0) is 64.2 Å². The largest absolute Gasteiger partial charge is 0.477 e. The molecule has 0 aliphatic carbocycles. The number of aliphatic carboxylic acids is 1. The van der Waals surface area contributed by atoms with Gasteiger partial charge in [0, 0.05) is 6.42 Å². The second-order valence-corrected chi connectivity index (χ2v) is 11.9. The number of esters is 1. The normalized spacial score (nSPS) is 14.4. The first kappa shape index (κ1) is 43.0. The Bertz CT molecular complexity index is 970. The van der Waals surface area contributed by atoms with E-state index in [1.165, 1.54) is 0 Å². The number of aliphatic hydroxyl groups is 1. The molecule has 0 spiro atoms. The molecule has 0 aromatic heterocycles. The van der Waals surface area contributed by atoms with Crippen LogP contribution in [0.3, 0.4) is 0 Å². The maximum absolute atomic E-state index is 11.9. The Kier molecular flexibility index (Phi) is 28.6. The molecule has 2 N–H and O–H groups in total. The Morgan fingerprint density at radius 2 is 1.13 bits per heavy atom. The van der Waals surface area contributed by atoms with Gasteiger partial charge in [0.05, 0.1) is 34.4 Å². The first-order valence-corrected chi connectivity index (χ1v) is 16.8. The minimum Gasteiger partial charge on any atom is -0.477 e. The standard InChI is InChI=1S/C38H61NO7/c1-5-6-7-8-9-10-11-12-13-14-15-16-17-18-19-20-21-22-23-24-25-26-27-28-29-30-36(41)45-33-35(40)34-46-38(37(42)43)44-32-31-39(2,3)4/h6-7,9-10,12-13,15-16,18-19,21-22,24-25,35,38,40H,5,8,11,14,17,20,23,26-34H2,1-4H3/p+1/b7-6-,10-9-,13-12-,16-15-,19-18-,22-21-,25-24-. The molecule has 2 unspecified atom stereocenters. The van der Waals surface area contributed by atoms with E-state index >= 15 is 0 Å². The molecule has 46 heavy (non-hydrogen) atoms. The highest BCUT2D eigenvalue weighted by Gasteiger charge is 2.22. The van der Waals surface area contributed by atoms with Crippen molar-refractivity contribution in [1.82, 2.24) is 0 Å². The SMILES string of the molecule is CC/C=C\C/C=C\C/C=C\C/C=C\C/C=C\C/C=C\C/C=C\CCCCCC(=O)OCC(O)COC(OCC[N+](C)(C)C)C(=O)O. The molecule has 0 saturated carbocycles. The topological polar surface area (TPSA) is 102 Å². The van der Waals surface area contributed by atoms with Gasteiger partial charge in [-0.15, -0.1) is 0 Å². The number of likely N-dealkylation sites (N-methyl/N-ethyl adjacent to an activating group) is 1. The highest BCUT2D eigenvalue weighted by Crippen LogP contribution is 2.06. The molecule has 0 amide bonds. The number of unbranched alkanes of at least 4 members (excludes halogenated alkanes) is 3. The monoisotopic (exact) mass is 644 g/mol. The van der Waals surface area contributed by atoms with E-state index in [1.807, 2.05) is 21.1 Å². The number of allylic oxidation sites excluding steroid dienone is 14. The van der Waals surface area contributed by atoms with Gasteiger partial charge >= 0.3 is 11.9 Å². The molecule has 0 radical (unpaired) electrons. The molecule has 260 valence electrons. The maximum Gasteiger partial charge on any atom is 0.361 e. The molecule has 0 saturated heterocycles. The highest BCUT2D eigenvalue weighted by atomic mass is 16.7. The summed E-state index contributed by atoms with van der Waals surface area (Å²) in [5, 5.41) is 19.2. The number of carboxylic acids is 1. The minimum absolute atomic E-state index is 0.199. The lowest BCUT2D eigenvalue weighted by molar-refractivity contribution is -0.870. The van der Waals surface area contributed by atoms with Gasteiger partial charge in [-0.1, -0.05) is 98.4 Å². The summed E-state index contributed by atoms with van der Waals surface area (Å²) in [6.07, 6.45) is 38.9. The average molecular weight is 645 g/mol. The fourth-order valence-corrected chi connectivity index (χ4v) is 3.75. The van der Waals surface area contributed by atoms with Crippen LogP contribution in [0.15, 0.2) is 85.1 Å². The molecule has 0 heterocycles. The van der Waals surface area contributed by atoms with E-state index in [2.05, 4.69) is 92.0 Å². The van der Waals surface area contributed by atoms with E-state index in [9.17, 15) is 19.8 Å². The number of hydrogen-bond acceptors (Lipinski definition) is 6. The van der Waals surface area contributed by atoms with Crippen LogP contribution in [0.1, 0.15) is 84.0 Å². The molecule has 0 aromatic rings. The van der Waals surface area contributed by atoms with Gasteiger partial charge in [0.25, 0.3) is 6.29 Å². The van der Waals surface area contributed by atoms with E-state index in [4.69, 9.17) is 14.2 Å². The van der Waals surface area contributed by atoms with E-state index in [0.717, 1.165) is 64.2 Å². The third kappa shape index (κ3) is 32.4. The summed E-state index contributed by atoms with van der Waals surface area (Å²) in [5.41, 5.74) is 0. The molecule has 8 heteroatoms. The van der Waals surface area contributed by atoms with Crippen molar-refractivity contribution < 1.29 is 38.5 Å². The molecule has 0 rings (SSSR count). The maximum atomic E-state index is 11.9. The number of rotatable bonds is 29. The Balaban J connectivity index is 3.75. The van der Waals surface area contributed by atoms with E-state index in [1.54, 1.807) is 0 Å². The first-order chi connectivity index (χ1) is 22.2. The van der Waals surface area contributed by atoms with Crippen LogP contribution in [0.4, 0.5) is 0 Å². The number of ether oxygens (including phenoxy) is 3. The number of carbonyl (C=O) groups is 2. The summed E-state index contributed by atoms with van der Waals surface area (Å²) in [6, 6.07) is 0. The predicted octanol–water partition coefficient (Wildman–Crippen LogP) is 7.64. The van der Waals surface area contributed by atoms with Crippen LogP contribution < -0.4 is 0 Å². The zero-order valence-corrected chi connectivity index (χ0v) is 28.9. The lowest BCUT2D eigenvalue weighted by atomic mass is 10.1. The van der Waals surface area contributed by atoms with Gasteiger partial charge in [-0.3, -0.25) is 4.79 Å². The number of nitrogens with zero attached hydrogens (tertiary/aromatic N) is 1. The molecular weight excluding hydrogens is 582 g/mol. The van der Waals surface area contributed by atoms with Gasteiger partial charge in [0.15, 0.2) is 0 Å². The summed E-state index contributed by atoms with van der Waals surface area (Å²) in [5.74, 6) is -1.66. The number of quaternary nitrogens is 1. The van der Waals surface area contributed by atoms with Crippen molar-refractivity contribution in [3.63, 3.8) is 0 Å². The molecule has 0 bridgehead atoms. The van der Waals surface area contributed by atoms with Crippen molar-refractivity contribution in [3.05, 3.63) is 85.1 Å². The van der Waals surface area contributed by atoms with Gasteiger partial charge in [0.1, 0.15) is 19.3 Å². The van der Waals surface area contributed by atoms with E-state index in [0.29, 0.717) is 17.4 Å². The van der Waals surface area contributed by atoms with E-state index in [-0.39, 0.29) is 32.2 Å². The van der Waals surface area contributed by atoms with Crippen LogP contribution in [-0.4, -0.2) is 86.5 Å². The predicted molar refractivity (Wildman–Crippen MR) is 188 cm³/mol. The van der Waals surface area contributed by atoms with Crippen molar-refractivity contribution in [2.24, 2.45) is 0 Å². The van der Waals surface area contributed by atoms with E-state index < -0.39 is 18.4 Å². The Morgan fingerprint density at radius 1 is 0.652 bits per heavy atom. The van der Waals surface area contributed by atoms with Gasteiger partial charge in [-0.25, -0.2) is 4.79 Å². The van der Waals surface area contributed by atoms with Crippen LogP contribution in [0.5, 0.6) is 0 Å².